The summed E-state index contributed by atoms with van der Waals surface area (Å²) in [6.45, 7) is 0. The average molecular weight is 374 g/mol. The lowest BCUT2D eigenvalue weighted by molar-refractivity contribution is -0.120. The minimum Gasteiger partial charge on any atom is -0.366 e. The smallest absolute Gasteiger partial charge is 0.250 e. The van der Waals surface area contributed by atoms with Gasteiger partial charge < -0.3 is 11.1 Å². The topological polar surface area (TPSA) is 98.0 Å². The van der Waals surface area contributed by atoms with Crippen LogP contribution in [0, 0.1) is 5.92 Å². The van der Waals surface area contributed by atoms with E-state index in [0.717, 1.165) is 36.9 Å². The Labute approximate surface area is 163 Å². The van der Waals surface area contributed by atoms with Gasteiger partial charge in [-0.15, -0.1) is 0 Å². The molecule has 142 valence electrons. The maximum Gasteiger partial charge on any atom is 0.250 e. The maximum absolute atomic E-state index is 12.4. The summed E-state index contributed by atoms with van der Waals surface area (Å²) >= 11 is 0. The second kappa shape index (κ2) is 7.76. The summed E-state index contributed by atoms with van der Waals surface area (Å²) in [6, 6.07) is 12.7. The van der Waals surface area contributed by atoms with E-state index < -0.39 is 5.91 Å². The third-order valence-electron chi connectivity index (χ3n) is 5.26. The summed E-state index contributed by atoms with van der Waals surface area (Å²) in [6.07, 6.45) is 7.10. The van der Waals surface area contributed by atoms with Crippen molar-refractivity contribution in [1.82, 2.24) is 9.97 Å². The van der Waals surface area contributed by atoms with Crippen LogP contribution in [0.3, 0.4) is 0 Å². The van der Waals surface area contributed by atoms with Gasteiger partial charge >= 0.3 is 0 Å². The third-order valence-corrected chi connectivity index (χ3v) is 5.26. The van der Waals surface area contributed by atoms with Gasteiger partial charge in [-0.05, 0) is 37.1 Å². The number of hydrogen-bond acceptors (Lipinski definition) is 4. The van der Waals surface area contributed by atoms with Crippen molar-refractivity contribution in [2.75, 3.05) is 5.32 Å². The van der Waals surface area contributed by atoms with Gasteiger partial charge in [0.2, 0.25) is 5.91 Å². The first-order chi connectivity index (χ1) is 13.6. The summed E-state index contributed by atoms with van der Waals surface area (Å²) in [5.41, 5.74) is 9.17. The van der Waals surface area contributed by atoms with Gasteiger partial charge in [-0.25, -0.2) is 4.98 Å². The Hall–Kier alpha value is -3.28. The average Bonchev–Trinajstić information content (AvgIpc) is 2.74. The van der Waals surface area contributed by atoms with Gasteiger partial charge in [0.15, 0.2) is 0 Å². The van der Waals surface area contributed by atoms with Crippen molar-refractivity contribution in [1.29, 1.82) is 0 Å². The van der Waals surface area contributed by atoms with Crippen LogP contribution in [0.1, 0.15) is 42.5 Å². The molecule has 0 unspecified atom stereocenters. The molecule has 3 N–H and O–H groups in total. The first-order valence-corrected chi connectivity index (χ1v) is 9.59. The first kappa shape index (κ1) is 18.1. The minimum atomic E-state index is -0.530. The molecule has 6 nitrogen and oxygen atoms in total. The van der Waals surface area contributed by atoms with E-state index in [9.17, 15) is 9.59 Å². The molecule has 1 fully saturated rings. The number of aromatic nitrogens is 2. The number of para-hydroxylation sites is 1. The summed E-state index contributed by atoms with van der Waals surface area (Å²) in [7, 11) is 0. The van der Waals surface area contributed by atoms with Crippen LogP contribution < -0.4 is 11.1 Å². The lowest BCUT2D eigenvalue weighted by Crippen LogP contribution is -2.24. The molecule has 4 rings (SSSR count). The van der Waals surface area contributed by atoms with E-state index in [-0.39, 0.29) is 11.8 Å². The quantitative estimate of drug-likeness (QED) is 0.723. The largest absolute Gasteiger partial charge is 0.366 e. The molecule has 0 bridgehead atoms. The summed E-state index contributed by atoms with van der Waals surface area (Å²) < 4.78 is 0. The fraction of sp³-hybridized carbons (Fsp3) is 0.273. The van der Waals surface area contributed by atoms with Crippen LogP contribution in [0.25, 0.3) is 22.3 Å². The van der Waals surface area contributed by atoms with E-state index in [1.165, 1.54) is 6.42 Å². The molecule has 0 saturated heterocycles. The zero-order valence-electron chi connectivity index (χ0n) is 15.5. The number of fused-ring (bicyclic) bond motifs is 1. The molecule has 1 aliphatic carbocycles. The van der Waals surface area contributed by atoms with E-state index in [1.54, 1.807) is 24.4 Å². The summed E-state index contributed by atoms with van der Waals surface area (Å²) in [5.74, 6) is -0.311. The number of primary amides is 1. The molecule has 0 atom stereocenters. The van der Waals surface area contributed by atoms with E-state index >= 15 is 0 Å². The summed E-state index contributed by atoms with van der Waals surface area (Å²) in [4.78, 5) is 33.0. The van der Waals surface area contributed by atoms with Crippen LogP contribution in [0.4, 0.5) is 5.69 Å². The fourth-order valence-corrected chi connectivity index (χ4v) is 3.70. The molecular formula is C22H22N4O2. The van der Waals surface area contributed by atoms with Gasteiger partial charge in [-0.1, -0.05) is 37.5 Å². The molecule has 2 amide bonds. The predicted octanol–water partition coefficient (Wildman–Crippen LogP) is 3.91. The van der Waals surface area contributed by atoms with Crippen molar-refractivity contribution >= 4 is 28.5 Å². The Kier molecular flexibility index (Phi) is 5.02. The molecule has 1 aromatic heterocycles. The van der Waals surface area contributed by atoms with Crippen LogP contribution in [0.5, 0.6) is 0 Å². The van der Waals surface area contributed by atoms with Gasteiger partial charge in [-0.2, -0.15) is 0 Å². The normalized spacial score (nSPS) is 14.7. The van der Waals surface area contributed by atoms with E-state index in [1.807, 2.05) is 24.3 Å². The van der Waals surface area contributed by atoms with Crippen LogP contribution >= 0.6 is 0 Å². The van der Waals surface area contributed by atoms with Crippen molar-refractivity contribution in [3.8, 4) is 11.3 Å². The van der Waals surface area contributed by atoms with Crippen molar-refractivity contribution in [2.24, 2.45) is 11.7 Å². The number of carbonyl (C=O) groups excluding carboxylic acids is 2. The molecule has 0 aliphatic heterocycles. The Morgan fingerprint density at radius 3 is 2.46 bits per heavy atom. The molecule has 2 aromatic carbocycles. The lowest BCUT2D eigenvalue weighted by Gasteiger charge is -2.20. The van der Waals surface area contributed by atoms with Crippen molar-refractivity contribution < 1.29 is 9.59 Å². The highest BCUT2D eigenvalue weighted by atomic mass is 16.2. The third kappa shape index (κ3) is 3.71. The Balaban J connectivity index is 1.56. The second-order valence-electron chi connectivity index (χ2n) is 7.19. The van der Waals surface area contributed by atoms with Gasteiger partial charge in [-0.3, -0.25) is 14.6 Å². The molecule has 3 aromatic rings. The van der Waals surface area contributed by atoms with Gasteiger partial charge in [0, 0.05) is 17.2 Å². The SMILES string of the molecule is NC(=O)c1cccc2ncc(-c3ccc(NC(=O)C4CCCCC4)cc3)nc12. The Morgan fingerprint density at radius 2 is 1.75 bits per heavy atom. The highest BCUT2D eigenvalue weighted by Gasteiger charge is 2.21. The number of rotatable bonds is 4. The van der Waals surface area contributed by atoms with Crippen LogP contribution in [0.15, 0.2) is 48.7 Å². The standard InChI is InChI=1S/C22H22N4O2/c23-21(27)17-7-4-8-18-20(17)26-19(13-24-18)14-9-11-16(12-10-14)25-22(28)15-5-2-1-3-6-15/h4,7-13,15H,1-3,5-6H2,(H2,23,27)(H,25,28). The zero-order chi connectivity index (χ0) is 19.5. The molecule has 0 radical (unpaired) electrons. The van der Waals surface area contributed by atoms with Crippen molar-refractivity contribution in [2.45, 2.75) is 32.1 Å². The highest BCUT2D eigenvalue weighted by Crippen LogP contribution is 2.26. The van der Waals surface area contributed by atoms with E-state index in [4.69, 9.17) is 5.73 Å². The monoisotopic (exact) mass is 374 g/mol. The van der Waals surface area contributed by atoms with Crippen LogP contribution in [0.2, 0.25) is 0 Å². The predicted molar refractivity (Wildman–Crippen MR) is 109 cm³/mol. The van der Waals surface area contributed by atoms with Crippen molar-refractivity contribution in [3.63, 3.8) is 0 Å². The second-order valence-corrected chi connectivity index (χ2v) is 7.19. The van der Waals surface area contributed by atoms with Gasteiger partial charge in [0.1, 0.15) is 5.52 Å². The number of benzene rings is 2. The maximum atomic E-state index is 12.4. The number of carbonyl (C=O) groups is 2. The van der Waals surface area contributed by atoms with Crippen LogP contribution in [-0.4, -0.2) is 21.8 Å². The molecule has 1 aliphatic rings. The highest BCUT2D eigenvalue weighted by molar-refractivity contribution is 6.04. The number of nitrogens with zero attached hydrogens (tertiary/aromatic N) is 2. The molecule has 6 heteroatoms. The number of nitrogens with two attached hydrogens (primary N) is 1. The fourth-order valence-electron chi connectivity index (χ4n) is 3.70. The van der Waals surface area contributed by atoms with E-state index in [2.05, 4.69) is 15.3 Å². The van der Waals surface area contributed by atoms with E-state index in [0.29, 0.717) is 22.3 Å². The Bertz CT molecular complexity index is 1020. The number of anilines is 1. The number of hydrogen-bond donors (Lipinski definition) is 2. The van der Waals surface area contributed by atoms with Gasteiger partial charge in [0.25, 0.3) is 5.91 Å². The number of nitrogens with one attached hydrogen (secondary N) is 1. The molecule has 1 saturated carbocycles. The molecule has 28 heavy (non-hydrogen) atoms. The Morgan fingerprint density at radius 1 is 1.00 bits per heavy atom. The van der Waals surface area contributed by atoms with Crippen molar-refractivity contribution in [3.05, 3.63) is 54.2 Å². The lowest BCUT2D eigenvalue weighted by atomic mass is 9.88. The molecule has 0 spiro atoms. The molecular weight excluding hydrogens is 352 g/mol. The number of amides is 2. The molecule has 1 heterocycles. The zero-order valence-corrected chi connectivity index (χ0v) is 15.5. The van der Waals surface area contributed by atoms with Crippen LogP contribution in [-0.2, 0) is 4.79 Å². The first-order valence-electron chi connectivity index (χ1n) is 9.59. The van der Waals surface area contributed by atoms with Gasteiger partial charge in [0.05, 0.1) is 23.0 Å². The minimum absolute atomic E-state index is 0.101. The summed E-state index contributed by atoms with van der Waals surface area (Å²) in [5, 5.41) is 3.01.